The van der Waals surface area contributed by atoms with Crippen LogP contribution in [0.15, 0.2) is 15.5 Å². The van der Waals surface area contributed by atoms with Crippen molar-refractivity contribution in [2.24, 2.45) is 15.5 Å². The molecule has 0 bridgehead atoms. The maximum atomic E-state index is 3.67. The summed E-state index contributed by atoms with van der Waals surface area (Å²) in [6.45, 7) is 2.94. The largest absolute Gasteiger partial charge is 0.238 e. The van der Waals surface area contributed by atoms with E-state index in [0.29, 0.717) is 0 Å². The molecule has 1 unspecified atom stereocenters. The van der Waals surface area contributed by atoms with E-state index < -0.39 is 0 Å². The molecule has 0 aromatic rings. The van der Waals surface area contributed by atoms with Crippen molar-refractivity contribution in [1.82, 2.24) is 0 Å². The molecule has 38 valence electrons. The van der Waals surface area contributed by atoms with Crippen LogP contribution in [0.25, 0.3) is 0 Å². The summed E-state index contributed by atoms with van der Waals surface area (Å²) in [6.07, 6.45) is 1.67. The first-order valence-electron chi connectivity index (χ1n) is 2.23. The van der Waals surface area contributed by atoms with Crippen LogP contribution in [0.5, 0.6) is 0 Å². The SMILES string of the molecule is CC[NH+]1C=NN=N1. The van der Waals surface area contributed by atoms with Crippen LogP contribution in [-0.2, 0) is 0 Å². The second kappa shape index (κ2) is 1.79. The monoisotopic (exact) mass is 99.1 g/mol. The van der Waals surface area contributed by atoms with E-state index in [1.165, 1.54) is 0 Å². The minimum Gasteiger partial charge on any atom is -0.145 e. The van der Waals surface area contributed by atoms with E-state index in [-0.39, 0.29) is 0 Å². The van der Waals surface area contributed by atoms with Gasteiger partial charge in [-0.3, -0.25) is 0 Å². The molecule has 1 N–H and O–H groups in total. The molecule has 0 saturated heterocycles. The summed E-state index contributed by atoms with van der Waals surface area (Å²) in [6, 6.07) is 0. The van der Waals surface area contributed by atoms with Gasteiger partial charge in [-0.1, -0.05) is 5.10 Å². The molecule has 1 rings (SSSR count). The number of hydrogen-bond donors (Lipinski definition) is 1. The highest BCUT2D eigenvalue weighted by Gasteiger charge is 2.01. The van der Waals surface area contributed by atoms with E-state index in [0.717, 1.165) is 11.6 Å². The number of nitrogens with zero attached hydrogens (tertiary/aromatic N) is 3. The summed E-state index contributed by atoms with van der Waals surface area (Å²) in [5.41, 5.74) is 0. The van der Waals surface area contributed by atoms with Gasteiger partial charge in [-0.15, -0.1) is 5.01 Å². The smallest absolute Gasteiger partial charge is 0.145 e. The Morgan fingerprint density at radius 2 is 2.57 bits per heavy atom. The van der Waals surface area contributed by atoms with Gasteiger partial charge in [0.2, 0.25) is 6.34 Å². The molecule has 0 fully saturated rings. The number of quaternary nitrogens is 1. The Kier molecular flexibility index (Phi) is 1.12. The van der Waals surface area contributed by atoms with Gasteiger partial charge in [0.05, 0.1) is 5.22 Å². The molecule has 7 heavy (non-hydrogen) atoms. The van der Waals surface area contributed by atoms with Crippen LogP contribution in [0.1, 0.15) is 6.92 Å². The first-order valence-corrected chi connectivity index (χ1v) is 2.23. The van der Waals surface area contributed by atoms with Crippen molar-refractivity contribution >= 4 is 6.34 Å². The molecule has 1 atom stereocenters. The number of nitrogens with one attached hydrogen (secondary N) is 1. The molecule has 1 aliphatic heterocycles. The summed E-state index contributed by atoms with van der Waals surface area (Å²) in [5.74, 6) is 0. The summed E-state index contributed by atoms with van der Waals surface area (Å²) >= 11 is 0. The van der Waals surface area contributed by atoms with E-state index in [1.54, 1.807) is 6.34 Å². The first kappa shape index (κ1) is 4.39. The van der Waals surface area contributed by atoms with Crippen LogP contribution in [0.3, 0.4) is 0 Å². The summed E-state index contributed by atoms with van der Waals surface area (Å²) in [4.78, 5) is 0. The normalized spacial score (nSPS) is 26.7. The van der Waals surface area contributed by atoms with E-state index in [1.807, 2.05) is 6.92 Å². The molecule has 0 radical (unpaired) electrons. The van der Waals surface area contributed by atoms with Crippen molar-refractivity contribution in [3.8, 4) is 0 Å². The van der Waals surface area contributed by atoms with Gasteiger partial charge in [0.25, 0.3) is 0 Å². The topological polar surface area (TPSA) is 41.5 Å². The van der Waals surface area contributed by atoms with Gasteiger partial charge in [0.15, 0.2) is 0 Å². The van der Waals surface area contributed by atoms with Crippen LogP contribution >= 0.6 is 0 Å². The van der Waals surface area contributed by atoms with Crippen molar-refractivity contribution < 1.29 is 5.01 Å². The zero-order valence-electron chi connectivity index (χ0n) is 4.13. The minimum absolute atomic E-state index is 0.924. The maximum absolute atomic E-state index is 3.67. The van der Waals surface area contributed by atoms with Crippen LogP contribution in [0, 0.1) is 0 Å². The summed E-state index contributed by atoms with van der Waals surface area (Å²) in [7, 11) is 0. The third kappa shape index (κ3) is 0.806. The fraction of sp³-hybridized carbons (Fsp3) is 0.667. The van der Waals surface area contributed by atoms with E-state index in [2.05, 4.69) is 15.5 Å². The lowest BCUT2D eigenvalue weighted by Gasteiger charge is -1.90. The third-order valence-corrected chi connectivity index (χ3v) is 0.794. The molecule has 0 amide bonds. The van der Waals surface area contributed by atoms with Crippen molar-refractivity contribution in [2.75, 3.05) is 6.54 Å². The van der Waals surface area contributed by atoms with Crippen molar-refractivity contribution in [3.05, 3.63) is 0 Å². The second-order valence-electron chi connectivity index (χ2n) is 1.28. The molecule has 1 heterocycles. The molecule has 4 heteroatoms. The van der Waals surface area contributed by atoms with E-state index >= 15 is 0 Å². The molecular weight excluding hydrogens is 92.1 g/mol. The van der Waals surface area contributed by atoms with Crippen LogP contribution in [0.2, 0.25) is 0 Å². The maximum Gasteiger partial charge on any atom is 0.238 e. The molecule has 1 aliphatic rings. The predicted molar refractivity (Wildman–Crippen MR) is 24.9 cm³/mol. The van der Waals surface area contributed by atoms with Gasteiger partial charge in [-0.25, -0.2) is 0 Å². The molecule has 4 nitrogen and oxygen atoms in total. The van der Waals surface area contributed by atoms with Crippen molar-refractivity contribution in [2.45, 2.75) is 6.92 Å². The fourth-order valence-electron chi connectivity index (χ4n) is 0.364. The molecule has 0 aromatic heterocycles. The Bertz CT molecular complexity index is 93.5. The predicted octanol–water partition coefficient (Wildman–Crippen LogP) is -0.785. The van der Waals surface area contributed by atoms with Crippen LogP contribution in [-0.4, -0.2) is 12.9 Å². The van der Waals surface area contributed by atoms with E-state index in [4.69, 9.17) is 0 Å². The Morgan fingerprint density at radius 1 is 1.71 bits per heavy atom. The fourth-order valence-corrected chi connectivity index (χ4v) is 0.364. The minimum atomic E-state index is 0.924. The highest BCUT2D eigenvalue weighted by molar-refractivity contribution is 5.42. The lowest BCUT2D eigenvalue weighted by atomic mass is 10.7. The first-order chi connectivity index (χ1) is 3.43. The lowest BCUT2D eigenvalue weighted by molar-refractivity contribution is -0.804. The highest BCUT2D eigenvalue weighted by Crippen LogP contribution is 1.69. The van der Waals surface area contributed by atoms with Gasteiger partial charge in [-0.2, -0.15) is 0 Å². The van der Waals surface area contributed by atoms with E-state index in [9.17, 15) is 0 Å². The standard InChI is InChI=1S/C3H6N4/c1-2-7-3-4-5-6-7/h3H,2H2,1H3/p+1. The summed E-state index contributed by atoms with van der Waals surface area (Å²) < 4.78 is 0. The lowest BCUT2D eigenvalue weighted by Crippen LogP contribution is -3.04. The molecule has 0 saturated carbocycles. The zero-order valence-corrected chi connectivity index (χ0v) is 4.13. The summed E-state index contributed by atoms with van der Waals surface area (Å²) in [5, 5.41) is 11.6. The Labute approximate surface area is 41.5 Å². The molecule has 0 spiro atoms. The molecule has 0 aromatic carbocycles. The van der Waals surface area contributed by atoms with Crippen LogP contribution in [0.4, 0.5) is 0 Å². The Morgan fingerprint density at radius 3 is 2.86 bits per heavy atom. The van der Waals surface area contributed by atoms with Crippen LogP contribution < -0.4 is 5.01 Å². The quantitative estimate of drug-likeness (QED) is 0.448. The van der Waals surface area contributed by atoms with Gasteiger partial charge in [0, 0.05) is 5.22 Å². The molecular formula is C3H7N4+. The van der Waals surface area contributed by atoms with Gasteiger partial charge in [-0.05, 0) is 6.92 Å². The number of hydrogen-bond acceptors (Lipinski definition) is 3. The average molecular weight is 99.1 g/mol. The van der Waals surface area contributed by atoms with Gasteiger partial charge >= 0.3 is 0 Å². The number of rotatable bonds is 1. The van der Waals surface area contributed by atoms with Crippen molar-refractivity contribution in [3.63, 3.8) is 0 Å². The Balaban J connectivity index is 2.44. The Hall–Kier alpha value is -0.770. The average Bonchev–Trinajstić information content (AvgIpc) is 2.14. The second-order valence-corrected chi connectivity index (χ2v) is 1.28. The van der Waals surface area contributed by atoms with Crippen molar-refractivity contribution in [1.29, 1.82) is 0 Å². The molecule has 0 aliphatic carbocycles. The van der Waals surface area contributed by atoms with Gasteiger partial charge in [0.1, 0.15) is 6.54 Å². The third-order valence-electron chi connectivity index (χ3n) is 0.794. The highest BCUT2D eigenvalue weighted by atomic mass is 15.7. The van der Waals surface area contributed by atoms with Gasteiger partial charge < -0.3 is 0 Å². The zero-order chi connectivity index (χ0) is 5.11.